The molecule has 0 aliphatic heterocycles. The third kappa shape index (κ3) is 5.07. The van der Waals surface area contributed by atoms with Crippen LogP contribution in [-0.2, 0) is 24.3 Å². The zero-order chi connectivity index (χ0) is 20.2. The van der Waals surface area contributed by atoms with Crippen LogP contribution in [0.1, 0.15) is 28.4 Å². The second kappa shape index (κ2) is 8.22. The molecule has 0 saturated carbocycles. The minimum absolute atomic E-state index is 0.181. The Kier molecular flexibility index (Phi) is 6.22. The Morgan fingerprint density at radius 3 is 2.26 bits per heavy atom. The zero-order valence-electron chi connectivity index (χ0n) is 15.5. The Morgan fingerprint density at radius 1 is 1.04 bits per heavy atom. The van der Waals surface area contributed by atoms with Crippen molar-refractivity contribution in [2.75, 3.05) is 11.8 Å². The molecular formula is C19H21NO6S. The van der Waals surface area contributed by atoms with Crippen LogP contribution in [0.25, 0.3) is 0 Å². The first kappa shape index (κ1) is 20.4. The Hall–Kier alpha value is -2.87. The summed E-state index contributed by atoms with van der Waals surface area (Å²) in [6.07, 6.45) is -1.04. The number of carbonyl (C=O) groups is 2. The summed E-state index contributed by atoms with van der Waals surface area (Å²) < 4.78 is 37.1. The average molecular weight is 391 g/mol. The third-order valence-corrected chi connectivity index (χ3v) is 5.35. The molecule has 0 amide bonds. The summed E-state index contributed by atoms with van der Waals surface area (Å²) in [4.78, 5) is 23.5. The molecule has 1 N–H and O–H groups in total. The van der Waals surface area contributed by atoms with Crippen LogP contribution in [0.2, 0.25) is 0 Å². The largest absolute Gasteiger partial charge is 0.466 e. The van der Waals surface area contributed by atoms with Crippen molar-refractivity contribution in [2.24, 2.45) is 0 Å². The van der Waals surface area contributed by atoms with Crippen LogP contribution < -0.4 is 4.72 Å². The number of anilines is 1. The molecule has 2 aromatic rings. The van der Waals surface area contributed by atoms with Gasteiger partial charge in [-0.25, -0.2) is 18.0 Å². The molecule has 0 spiro atoms. The molecule has 0 aliphatic carbocycles. The predicted molar refractivity (Wildman–Crippen MR) is 100 cm³/mol. The van der Waals surface area contributed by atoms with E-state index < -0.39 is 28.1 Å². The van der Waals surface area contributed by atoms with E-state index in [1.165, 1.54) is 38.3 Å². The number of sulfonamides is 1. The maximum atomic E-state index is 12.6. The lowest BCUT2D eigenvalue weighted by Crippen LogP contribution is -2.25. The topological polar surface area (TPSA) is 98.8 Å². The van der Waals surface area contributed by atoms with Gasteiger partial charge in [0, 0.05) is 5.69 Å². The number of esters is 2. The van der Waals surface area contributed by atoms with Gasteiger partial charge in [0.05, 0.1) is 17.6 Å². The summed E-state index contributed by atoms with van der Waals surface area (Å²) in [5.41, 5.74) is 1.94. The number of nitrogens with one attached hydrogen (secondary N) is 1. The second-order valence-electron chi connectivity index (χ2n) is 6.02. The molecule has 0 heterocycles. The van der Waals surface area contributed by atoms with Crippen molar-refractivity contribution in [3.8, 4) is 0 Å². The van der Waals surface area contributed by atoms with Gasteiger partial charge in [-0.15, -0.1) is 0 Å². The molecular weight excluding hydrogens is 370 g/mol. The van der Waals surface area contributed by atoms with Gasteiger partial charge in [-0.05, 0) is 62.2 Å². The molecule has 7 nitrogen and oxygen atoms in total. The van der Waals surface area contributed by atoms with Crippen LogP contribution in [0.5, 0.6) is 0 Å². The van der Waals surface area contributed by atoms with Crippen molar-refractivity contribution in [3.05, 3.63) is 59.2 Å². The Balaban J connectivity index is 2.14. The van der Waals surface area contributed by atoms with Crippen molar-refractivity contribution in [1.29, 1.82) is 0 Å². The number of ether oxygens (including phenoxy) is 2. The number of rotatable bonds is 6. The minimum atomic E-state index is -3.76. The Morgan fingerprint density at radius 2 is 1.67 bits per heavy atom. The van der Waals surface area contributed by atoms with E-state index in [0.717, 1.165) is 5.56 Å². The molecule has 0 bridgehead atoms. The number of benzene rings is 2. The van der Waals surface area contributed by atoms with Gasteiger partial charge >= 0.3 is 11.9 Å². The second-order valence-corrected chi connectivity index (χ2v) is 7.67. The van der Waals surface area contributed by atoms with Crippen LogP contribution in [0.15, 0.2) is 47.4 Å². The summed E-state index contributed by atoms with van der Waals surface area (Å²) in [5.74, 6) is -1.38. The first-order valence-corrected chi connectivity index (χ1v) is 9.61. The lowest BCUT2D eigenvalue weighted by atomic mass is 10.2. The quantitative estimate of drug-likeness (QED) is 0.760. The maximum absolute atomic E-state index is 12.6. The van der Waals surface area contributed by atoms with Gasteiger partial charge in [0.1, 0.15) is 0 Å². The molecule has 2 rings (SSSR count). The highest BCUT2D eigenvalue weighted by Gasteiger charge is 2.20. The average Bonchev–Trinajstić information content (AvgIpc) is 2.63. The number of carbonyl (C=O) groups excluding carboxylic acids is 2. The van der Waals surface area contributed by atoms with Crippen molar-refractivity contribution in [1.82, 2.24) is 0 Å². The van der Waals surface area contributed by atoms with E-state index >= 15 is 0 Å². The lowest BCUT2D eigenvalue weighted by Gasteiger charge is -2.12. The molecule has 0 saturated heterocycles. The van der Waals surface area contributed by atoms with Crippen LogP contribution in [0.4, 0.5) is 5.69 Å². The normalized spacial score (nSPS) is 12.1. The molecule has 0 fully saturated rings. The lowest BCUT2D eigenvalue weighted by molar-refractivity contribution is -0.149. The molecule has 0 radical (unpaired) electrons. The Bertz CT molecular complexity index is 951. The first-order chi connectivity index (χ1) is 12.6. The molecule has 2 aromatic carbocycles. The predicted octanol–water partition coefficient (Wildman–Crippen LogP) is 2.82. The van der Waals surface area contributed by atoms with Gasteiger partial charge in [-0.3, -0.25) is 4.72 Å². The highest BCUT2D eigenvalue weighted by molar-refractivity contribution is 7.92. The molecule has 0 aliphatic rings. The monoisotopic (exact) mass is 391 g/mol. The number of hydrogen-bond acceptors (Lipinski definition) is 6. The number of hydrogen-bond donors (Lipinski definition) is 1. The highest BCUT2D eigenvalue weighted by atomic mass is 32.2. The fourth-order valence-corrected chi connectivity index (χ4v) is 3.71. The summed E-state index contributed by atoms with van der Waals surface area (Å²) in [5, 5.41) is 0. The molecule has 0 aromatic heterocycles. The standard InChI is InChI=1S/C19H21NO6S/c1-12-5-6-13(2)17(11-12)27(23,24)20-16-9-7-15(8-10-16)19(22)26-14(3)18(21)25-4/h5-11,14,20H,1-4H3/t14-/m1/s1. The van der Waals surface area contributed by atoms with Crippen LogP contribution in [0, 0.1) is 13.8 Å². The van der Waals surface area contributed by atoms with E-state index in [2.05, 4.69) is 9.46 Å². The van der Waals surface area contributed by atoms with E-state index in [1.54, 1.807) is 19.1 Å². The minimum Gasteiger partial charge on any atom is -0.466 e. The summed E-state index contributed by atoms with van der Waals surface area (Å²) >= 11 is 0. The molecule has 144 valence electrons. The fourth-order valence-electron chi connectivity index (χ4n) is 2.32. The van der Waals surface area contributed by atoms with Gasteiger partial charge in [0.25, 0.3) is 10.0 Å². The Labute approximate surface area is 158 Å². The van der Waals surface area contributed by atoms with Crippen LogP contribution in [-0.4, -0.2) is 33.6 Å². The van der Waals surface area contributed by atoms with E-state index in [0.29, 0.717) is 11.3 Å². The first-order valence-electron chi connectivity index (χ1n) is 8.13. The highest BCUT2D eigenvalue weighted by Crippen LogP contribution is 2.21. The summed E-state index contributed by atoms with van der Waals surface area (Å²) in [6.45, 7) is 4.93. The maximum Gasteiger partial charge on any atom is 0.346 e. The summed E-state index contributed by atoms with van der Waals surface area (Å²) in [7, 11) is -2.56. The van der Waals surface area contributed by atoms with Crippen molar-refractivity contribution < 1.29 is 27.5 Å². The van der Waals surface area contributed by atoms with Crippen molar-refractivity contribution in [3.63, 3.8) is 0 Å². The number of methoxy groups -OCH3 is 1. The fraction of sp³-hybridized carbons (Fsp3) is 0.263. The zero-order valence-corrected chi connectivity index (χ0v) is 16.3. The van der Waals surface area contributed by atoms with Gasteiger partial charge in [0.15, 0.2) is 6.10 Å². The van der Waals surface area contributed by atoms with E-state index in [1.807, 2.05) is 13.0 Å². The smallest absolute Gasteiger partial charge is 0.346 e. The van der Waals surface area contributed by atoms with E-state index in [-0.39, 0.29) is 10.5 Å². The SMILES string of the molecule is COC(=O)[C@@H](C)OC(=O)c1ccc(NS(=O)(=O)c2cc(C)ccc2C)cc1. The third-order valence-electron chi connectivity index (χ3n) is 3.82. The van der Waals surface area contributed by atoms with Crippen molar-refractivity contribution in [2.45, 2.75) is 31.8 Å². The molecule has 1 atom stereocenters. The van der Waals surface area contributed by atoms with Gasteiger partial charge in [-0.1, -0.05) is 12.1 Å². The van der Waals surface area contributed by atoms with Gasteiger partial charge in [0.2, 0.25) is 0 Å². The number of aryl methyl sites for hydroxylation is 2. The molecule has 8 heteroatoms. The van der Waals surface area contributed by atoms with Crippen LogP contribution in [0.3, 0.4) is 0 Å². The molecule has 27 heavy (non-hydrogen) atoms. The van der Waals surface area contributed by atoms with Gasteiger partial charge in [-0.2, -0.15) is 0 Å². The molecule has 0 unspecified atom stereocenters. The van der Waals surface area contributed by atoms with Gasteiger partial charge < -0.3 is 9.47 Å². The van der Waals surface area contributed by atoms with Crippen LogP contribution >= 0.6 is 0 Å². The van der Waals surface area contributed by atoms with E-state index in [9.17, 15) is 18.0 Å². The summed E-state index contributed by atoms with van der Waals surface area (Å²) in [6, 6.07) is 10.9. The van der Waals surface area contributed by atoms with E-state index in [4.69, 9.17) is 4.74 Å². The van der Waals surface area contributed by atoms with Crippen molar-refractivity contribution >= 4 is 27.6 Å².